The molecule has 1 aliphatic rings. The topological polar surface area (TPSA) is 55.6 Å². The first kappa shape index (κ1) is 18.0. The summed E-state index contributed by atoms with van der Waals surface area (Å²) < 4.78 is 1.84. The van der Waals surface area contributed by atoms with Crippen LogP contribution in [0.5, 0.6) is 0 Å². The molecule has 27 heavy (non-hydrogen) atoms. The standard InChI is InChI=1S/C21H24ClN5/c1-15-10-11-17(14-18(15)22)27-20(24-25-26-27)21(12-6-3-7-13-21)23-19-9-5-4-8-16(19)2/h4-5,8-11,14,23H,3,6-7,12-13H2,1-2H3. The summed E-state index contributed by atoms with van der Waals surface area (Å²) in [6, 6.07) is 14.3. The summed E-state index contributed by atoms with van der Waals surface area (Å²) in [7, 11) is 0. The Balaban J connectivity index is 1.79. The van der Waals surface area contributed by atoms with Gasteiger partial charge >= 0.3 is 0 Å². The van der Waals surface area contributed by atoms with Crippen molar-refractivity contribution in [1.29, 1.82) is 0 Å². The third kappa shape index (κ3) is 3.44. The minimum Gasteiger partial charge on any atom is -0.372 e. The summed E-state index contributed by atoms with van der Waals surface area (Å²) in [6.07, 6.45) is 5.55. The normalized spacial score (nSPS) is 16.3. The predicted octanol–water partition coefficient (Wildman–Crippen LogP) is 5.20. The Bertz CT molecular complexity index is 943. The van der Waals surface area contributed by atoms with E-state index in [0.29, 0.717) is 0 Å². The van der Waals surface area contributed by atoms with Gasteiger partial charge in [0.05, 0.1) is 11.2 Å². The van der Waals surface area contributed by atoms with Crippen LogP contribution in [0, 0.1) is 13.8 Å². The Kier molecular flexibility index (Phi) is 4.87. The van der Waals surface area contributed by atoms with Crippen LogP contribution < -0.4 is 5.32 Å². The molecule has 1 aliphatic carbocycles. The number of nitrogens with one attached hydrogen (secondary N) is 1. The van der Waals surface area contributed by atoms with Gasteiger partial charge in [-0.25, -0.2) is 0 Å². The lowest BCUT2D eigenvalue weighted by Gasteiger charge is -2.38. The molecule has 1 heterocycles. The van der Waals surface area contributed by atoms with Crippen molar-refractivity contribution in [3.8, 4) is 5.69 Å². The maximum absolute atomic E-state index is 6.36. The van der Waals surface area contributed by atoms with E-state index in [2.05, 4.69) is 52.0 Å². The van der Waals surface area contributed by atoms with Gasteiger partial charge < -0.3 is 5.32 Å². The van der Waals surface area contributed by atoms with Crippen molar-refractivity contribution in [2.45, 2.75) is 51.5 Å². The molecule has 2 aromatic carbocycles. The van der Waals surface area contributed by atoms with Crippen LogP contribution in [0.2, 0.25) is 5.02 Å². The smallest absolute Gasteiger partial charge is 0.181 e. The number of hydrogen-bond donors (Lipinski definition) is 1. The van der Waals surface area contributed by atoms with Gasteiger partial charge in [-0.05, 0) is 66.4 Å². The fourth-order valence-electron chi connectivity index (χ4n) is 3.90. The molecule has 0 saturated heterocycles. The second kappa shape index (κ2) is 7.31. The highest BCUT2D eigenvalue weighted by Gasteiger charge is 2.39. The maximum atomic E-state index is 6.36. The van der Waals surface area contributed by atoms with Gasteiger partial charge in [0, 0.05) is 10.7 Å². The summed E-state index contributed by atoms with van der Waals surface area (Å²) in [4.78, 5) is 0. The molecule has 140 valence electrons. The molecule has 0 spiro atoms. The molecule has 5 nitrogen and oxygen atoms in total. The number of aryl methyl sites for hydroxylation is 2. The second-order valence-electron chi connectivity index (χ2n) is 7.43. The zero-order valence-corrected chi connectivity index (χ0v) is 16.5. The molecule has 0 aliphatic heterocycles. The first-order valence-corrected chi connectivity index (χ1v) is 9.86. The van der Waals surface area contributed by atoms with E-state index >= 15 is 0 Å². The van der Waals surface area contributed by atoms with Crippen LogP contribution in [0.25, 0.3) is 5.69 Å². The average Bonchev–Trinajstić information content (AvgIpc) is 3.17. The van der Waals surface area contributed by atoms with Crippen molar-refractivity contribution in [2.75, 3.05) is 5.32 Å². The Labute approximate surface area is 164 Å². The Morgan fingerprint density at radius 3 is 2.52 bits per heavy atom. The Hall–Kier alpha value is -2.40. The number of hydrogen-bond acceptors (Lipinski definition) is 4. The van der Waals surface area contributed by atoms with E-state index < -0.39 is 0 Å². The SMILES string of the molecule is Cc1ccc(-n2nnnc2C2(Nc3ccccc3C)CCCCC2)cc1Cl. The van der Waals surface area contributed by atoms with Crippen LogP contribution in [0.4, 0.5) is 5.69 Å². The third-order valence-electron chi connectivity index (χ3n) is 5.52. The molecular formula is C21H24ClN5. The lowest BCUT2D eigenvalue weighted by atomic mass is 9.80. The van der Waals surface area contributed by atoms with Crippen molar-refractivity contribution < 1.29 is 0 Å². The van der Waals surface area contributed by atoms with Crippen molar-refractivity contribution in [3.05, 3.63) is 64.4 Å². The number of rotatable bonds is 4. The van der Waals surface area contributed by atoms with E-state index in [0.717, 1.165) is 53.5 Å². The van der Waals surface area contributed by atoms with Gasteiger partial charge in [0.25, 0.3) is 0 Å². The summed E-state index contributed by atoms with van der Waals surface area (Å²) in [5.41, 5.74) is 4.00. The average molecular weight is 382 g/mol. The molecule has 0 unspecified atom stereocenters. The van der Waals surface area contributed by atoms with E-state index in [1.807, 2.05) is 29.8 Å². The number of para-hydroxylation sites is 1. The molecule has 1 aromatic heterocycles. The van der Waals surface area contributed by atoms with Gasteiger partial charge in [-0.15, -0.1) is 5.10 Å². The Morgan fingerprint density at radius 2 is 1.78 bits per heavy atom. The van der Waals surface area contributed by atoms with Crippen LogP contribution in [0.1, 0.15) is 49.1 Å². The molecular weight excluding hydrogens is 358 g/mol. The number of halogens is 1. The van der Waals surface area contributed by atoms with E-state index in [1.165, 1.54) is 12.0 Å². The Morgan fingerprint density at radius 1 is 1.00 bits per heavy atom. The highest BCUT2D eigenvalue weighted by Crippen LogP contribution is 2.40. The molecule has 0 bridgehead atoms. The van der Waals surface area contributed by atoms with E-state index in [9.17, 15) is 0 Å². The third-order valence-corrected chi connectivity index (χ3v) is 5.93. The quantitative estimate of drug-likeness (QED) is 0.674. The van der Waals surface area contributed by atoms with Crippen LogP contribution >= 0.6 is 11.6 Å². The highest BCUT2D eigenvalue weighted by molar-refractivity contribution is 6.31. The van der Waals surface area contributed by atoms with Crippen LogP contribution in [-0.2, 0) is 5.54 Å². The molecule has 0 radical (unpaired) electrons. The maximum Gasteiger partial charge on any atom is 0.181 e. The molecule has 1 saturated carbocycles. The fraction of sp³-hybridized carbons (Fsp3) is 0.381. The highest BCUT2D eigenvalue weighted by atomic mass is 35.5. The second-order valence-corrected chi connectivity index (χ2v) is 7.84. The molecule has 4 rings (SSSR count). The van der Waals surface area contributed by atoms with E-state index in [4.69, 9.17) is 11.6 Å². The first-order valence-electron chi connectivity index (χ1n) is 9.48. The predicted molar refractivity (Wildman–Crippen MR) is 108 cm³/mol. The monoisotopic (exact) mass is 381 g/mol. The van der Waals surface area contributed by atoms with Crippen molar-refractivity contribution in [1.82, 2.24) is 20.2 Å². The number of nitrogens with zero attached hydrogens (tertiary/aromatic N) is 4. The molecule has 6 heteroatoms. The molecule has 0 amide bonds. The van der Waals surface area contributed by atoms with Gasteiger partial charge in [0.15, 0.2) is 5.82 Å². The molecule has 0 atom stereocenters. The number of tetrazole rings is 1. The zero-order valence-electron chi connectivity index (χ0n) is 15.7. The van der Waals surface area contributed by atoms with Crippen molar-refractivity contribution in [2.24, 2.45) is 0 Å². The summed E-state index contributed by atoms with van der Waals surface area (Å²) in [5.74, 6) is 0.852. The van der Waals surface area contributed by atoms with Crippen molar-refractivity contribution in [3.63, 3.8) is 0 Å². The minimum atomic E-state index is -0.286. The van der Waals surface area contributed by atoms with Gasteiger partial charge in [-0.3, -0.25) is 0 Å². The zero-order chi connectivity index (χ0) is 18.9. The van der Waals surface area contributed by atoms with Gasteiger partial charge in [-0.2, -0.15) is 4.68 Å². The summed E-state index contributed by atoms with van der Waals surface area (Å²) >= 11 is 6.36. The molecule has 1 N–H and O–H groups in total. The first-order chi connectivity index (χ1) is 13.1. The fourth-order valence-corrected chi connectivity index (χ4v) is 4.08. The van der Waals surface area contributed by atoms with Gasteiger partial charge in [0.1, 0.15) is 0 Å². The van der Waals surface area contributed by atoms with Gasteiger partial charge in [-0.1, -0.05) is 55.1 Å². The van der Waals surface area contributed by atoms with E-state index in [1.54, 1.807) is 0 Å². The number of benzene rings is 2. The van der Waals surface area contributed by atoms with Crippen molar-refractivity contribution >= 4 is 17.3 Å². The van der Waals surface area contributed by atoms with Crippen LogP contribution in [0.3, 0.4) is 0 Å². The minimum absolute atomic E-state index is 0.286. The number of anilines is 1. The molecule has 3 aromatic rings. The lowest BCUT2D eigenvalue weighted by molar-refractivity contribution is 0.309. The largest absolute Gasteiger partial charge is 0.372 e. The summed E-state index contributed by atoms with van der Waals surface area (Å²) in [5, 5.41) is 17.3. The van der Waals surface area contributed by atoms with Crippen LogP contribution in [-0.4, -0.2) is 20.2 Å². The van der Waals surface area contributed by atoms with E-state index in [-0.39, 0.29) is 5.54 Å². The summed E-state index contributed by atoms with van der Waals surface area (Å²) in [6.45, 7) is 4.12. The molecule has 1 fully saturated rings. The van der Waals surface area contributed by atoms with Crippen LogP contribution in [0.15, 0.2) is 42.5 Å². The number of aromatic nitrogens is 4. The lowest BCUT2D eigenvalue weighted by Crippen LogP contribution is -2.40. The van der Waals surface area contributed by atoms with Gasteiger partial charge in [0.2, 0.25) is 0 Å².